The topological polar surface area (TPSA) is 98.4 Å². The maximum atomic E-state index is 13.1. The molecule has 3 aromatic rings. The number of pyridine rings is 1. The Kier molecular flexibility index (Phi) is 9.10. The van der Waals surface area contributed by atoms with Crippen LogP contribution in [0.3, 0.4) is 0 Å². The van der Waals surface area contributed by atoms with Crippen LogP contribution in [0.1, 0.15) is 55.2 Å². The molecule has 40 heavy (non-hydrogen) atoms. The van der Waals surface area contributed by atoms with Crippen molar-refractivity contribution in [1.82, 2.24) is 4.57 Å². The van der Waals surface area contributed by atoms with Crippen molar-refractivity contribution >= 4 is 23.4 Å². The number of halogens is 4. The van der Waals surface area contributed by atoms with Gasteiger partial charge in [-0.25, -0.2) is 4.79 Å². The fourth-order valence-electron chi connectivity index (χ4n) is 3.75. The van der Waals surface area contributed by atoms with Crippen LogP contribution in [0.15, 0.2) is 59.5 Å². The molecular weight excluding hydrogens is 549 g/mol. The molecule has 2 aromatic carbocycles. The maximum absolute atomic E-state index is 13.1. The van der Waals surface area contributed by atoms with Crippen LogP contribution >= 0.6 is 11.6 Å². The molecule has 0 saturated heterocycles. The van der Waals surface area contributed by atoms with Crippen LogP contribution in [0.2, 0.25) is 5.02 Å². The van der Waals surface area contributed by atoms with Gasteiger partial charge in [0.25, 0.3) is 5.56 Å². The van der Waals surface area contributed by atoms with Crippen LogP contribution in [-0.2, 0) is 16.0 Å². The van der Waals surface area contributed by atoms with Crippen molar-refractivity contribution in [3.63, 3.8) is 0 Å². The molecule has 1 aromatic heterocycles. The number of carbonyl (C=O) groups excluding carboxylic acids is 2. The third-order valence-electron chi connectivity index (χ3n) is 5.68. The van der Waals surface area contributed by atoms with E-state index in [2.05, 4.69) is 0 Å². The molecule has 1 unspecified atom stereocenters. The van der Waals surface area contributed by atoms with Crippen LogP contribution in [0.4, 0.5) is 13.2 Å². The summed E-state index contributed by atoms with van der Waals surface area (Å²) in [6.07, 6.45) is -3.77. The number of hydrogen-bond donors (Lipinski definition) is 0. The first kappa shape index (κ1) is 30.4. The van der Waals surface area contributed by atoms with Crippen molar-refractivity contribution in [2.45, 2.75) is 51.9 Å². The van der Waals surface area contributed by atoms with Crippen molar-refractivity contribution in [1.29, 1.82) is 5.26 Å². The Morgan fingerprint density at radius 3 is 2.27 bits per heavy atom. The SMILES string of the molecule is CC(C(=O)Cc1ccc(C(=O)OC(C)(C)C)cc1)n1cc(OCC(F)(F)F)c(-c2cc(Cl)ccc2C#N)cc1=O. The highest BCUT2D eigenvalue weighted by Crippen LogP contribution is 2.34. The largest absolute Gasteiger partial charge is 0.482 e. The van der Waals surface area contributed by atoms with Gasteiger partial charge < -0.3 is 14.0 Å². The van der Waals surface area contributed by atoms with E-state index in [1.807, 2.05) is 6.07 Å². The number of nitriles is 1. The molecule has 0 aliphatic carbocycles. The van der Waals surface area contributed by atoms with Gasteiger partial charge in [0.2, 0.25) is 0 Å². The average molecular weight is 575 g/mol. The summed E-state index contributed by atoms with van der Waals surface area (Å²) in [6, 6.07) is 12.2. The van der Waals surface area contributed by atoms with Crippen LogP contribution in [-0.4, -0.2) is 34.7 Å². The molecule has 0 bridgehead atoms. The Morgan fingerprint density at radius 1 is 1.05 bits per heavy atom. The normalized spacial score (nSPS) is 12.4. The monoisotopic (exact) mass is 574 g/mol. The predicted octanol–water partition coefficient (Wildman–Crippen LogP) is 6.31. The summed E-state index contributed by atoms with van der Waals surface area (Å²) >= 11 is 6.04. The highest BCUT2D eigenvalue weighted by molar-refractivity contribution is 6.31. The number of hydrogen-bond acceptors (Lipinski definition) is 6. The second-order valence-electron chi connectivity index (χ2n) is 10.0. The van der Waals surface area contributed by atoms with E-state index in [1.165, 1.54) is 37.3 Å². The minimum atomic E-state index is -4.68. The Balaban J connectivity index is 1.92. The van der Waals surface area contributed by atoms with E-state index in [4.69, 9.17) is 21.1 Å². The summed E-state index contributed by atoms with van der Waals surface area (Å²) in [5.41, 5.74) is -0.399. The van der Waals surface area contributed by atoms with Gasteiger partial charge >= 0.3 is 12.1 Å². The molecule has 0 aliphatic heterocycles. The van der Waals surface area contributed by atoms with Crippen molar-refractivity contribution in [2.24, 2.45) is 0 Å². The highest BCUT2D eigenvalue weighted by Gasteiger charge is 2.30. The van der Waals surface area contributed by atoms with E-state index in [0.29, 0.717) is 11.1 Å². The van der Waals surface area contributed by atoms with E-state index in [1.54, 1.807) is 32.9 Å². The highest BCUT2D eigenvalue weighted by atomic mass is 35.5. The molecule has 1 heterocycles. The predicted molar refractivity (Wildman–Crippen MR) is 142 cm³/mol. The molecular formula is C29H26ClF3N2O5. The van der Waals surface area contributed by atoms with Crippen molar-refractivity contribution in [3.05, 3.63) is 86.8 Å². The molecule has 11 heteroatoms. The number of ether oxygens (including phenoxy) is 2. The number of rotatable bonds is 8. The number of esters is 1. The van der Waals surface area contributed by atoms with Gasteiger partial charge in [0.05, 0.1) is 29.4 Å². The van der Waals surface area contributed by atoms with Crippen LogP contribution in [0.5, 0.6) is 5.75 Å². The Bertz CT molecular complexity index is 1520. The standard InChI is InChI=1S/C29H26ClF3N2O5/c1-17(24(36)11-18-5-7-19(8-6-18)27(38)40-28(2,3)4)35-15-25(39-16-29(31,32)33)23(13-26(35)37)22-12-21(30)10-9-20(22)14-34/h5-10,12-13,15,17H,11,16H2,1-4H3. The number of carbonyl (C=O) groups is 2. The Morgan fingerprint density at radius 2 is 1.70 bits per heavy atom. The second-order valence-corrected chi connectivity index (χ2v) is 10.5. The molecule has 0 spiro atoms. The van der Waals surface area contributed by atoms with Crippen molar-refractivity contribution < 1.29 is 32.2 Å². The third-order valence-corrected chi connectivity index (χ3v) is 5.91. The zero-order valence-electron chi connectivity index (χ0n) is 22.1. The number of ketones is 1. The third kappa shape index (κ3) is 7.96. The summed E-state index contributed by atoms with van der Waals surface area (Å²) in [6.45, 7) is 5.00. The fraction of sp³-hybridized carbons (Fsp3) is 0.310. The lowest BCUT2D eigenvalue weighted by molar-refractivity contribution is -0.153. The van der Waals surface area contributed by atoms with E-state index < -0.39 is 41.7 Å². The van der Waals surface area contributed by atoms with Gasteiger partial charge in [-0.2, -0.15) is 18.4 Å². The van der Waals surface area contributed by atoms with Gasteiger partial charge in [0.15, 0.2) is 12.4 Å². The van der Waals surface area contributed by atoms with Crippen LogP contribution < -0.4 is 10.3 Å². The molecule has 0 saturated carbocycles. The molecule has 0 aliphatic rings. The molecule has 3 rings (SSSR count). The first-order chi connectivity index (χ1) is 18.6. The first-order valence-corrected chi connectivity index (χ1v) is 12.5. The van der Waals surface area contributed by atoms with E-state index in [0.717, 1.165) is 16.8 Å². The lowest BCUT2D eigenvalue weighted by atomic mass is 9.99. The fourth-order valence-corrected chi connectivity index (χ4v) is 3.92. The quantitative estimate of drug-likeness (QED) is 0.292. The van der Waals surface area contributed by atoms with Crippen LogP contribution in [0.25, 0.3) is 11.1 Å². The lowest BCUT2D eigenvalue weighted by Gasteiger charge is -2.20. The molecule has 0 radical (unpaired) electrons. The summed E-state index contributed by atoms with van der Waals surface area (Å²) in [5, 5.41) is 9.67. The number of Topliss-reactive ketones (excluding diaryl/α,β-unsaturated/α-hetero) is 1. The average Bonchev–Trinajstić information content (AvgIpc) is 2.86. The van der Waals surface area contributed by atoms with E-state index >= 15 is 0 Å². The zero-order chi connectivity index (χ0) is 29.8. The van der Waals surface area contributed by atoms with Crippen molar-refractivity contribution in [3.8, 4) is 22.9 Å². The van der Waals surface area contributed by atoms with Gasteiger partial charge in [-0.05, 0) is 63.6 Å². The molecule has 0 N–H and O–H groups in total. The van der Waals surface area contributed by atoms with Gasteiger partial charge in [-0.15, -0.1) is 0 Å². The van der Waals surface area contributed by atoms with E-state index in [9.17, 15) is 32.8 Å². The first-order valence-electron chi connectivity index (χ1n) is 12.1. The smallest absolute Gasteiger partial charge is 0.422 e. The summed E-state index contributed by atoms with van der Waals surface area (Å²) in [5.74, 6) is -1.28. The molecule has 0 fully saturated rings. The van der Waals surface area contributed by atoms with E-state index in [-0.39, 0.29) is 33.9 Å². The maximum Gasteiger partial charge on any atom is 0.422 e. The molecule has 0 amide bonds. The molecule has 1 atom stereocenters. The number of nitrogens with zero attached hydrogens (tertiary/aromatic N) is 2. The lowest BCUT2D eigenvalue weighted by Crippen LogP contribution is -2.29. The molecule has 210 valence electrons. The van der Waals surface area contributed by atoms with Gasteiger partial charge in [-0.1, -0.05) is 23.7 Å². The number of benzene rings is 2. The number of aromatic nitrogens is 1. The Hall–Kier alpha value is -4.10. The van der Waals surface area contributed by atoms with Gasteiger partial charge in [-0.3, -0.25) is 9.59 Å². The Labute approximate surface area is 233 Å². The summed E-state index contributed by atoms with van der Waals surface area (Å²) < 4.78 is 50.3. The summed E-state index contributed by atoms with van der Waals surface area (Å²) in [4.78, 5) is 38.3. The number of alkyl halides is 3. The minimum absolute atomic E-state index is 0.0670. The zero-order valence-corrected chi connectivity index (χ0v) is 22.9. The molecule has 7 nitrogen and oxygen atoms in total. The minimum Gasteiger partial charge on any atom is -0.482 e. The summed E-state index contributed by atoms with van der Waals surface area (Å²) in [7, 11) is 0. The van der Waals surface area contributed by atoms with Gasteiger partial charge in [0, 0.05) is 28.6 Å². The van der Waals surface area contributed by atoms with Crippen molar-refractivity contribution in [2.75, 3.05) is 6.61 Å². The van der Waals surface area contributed by atoms with Gasteiger partial charge in [0.1, 0.15) is 11.4 Å². The van der Waals surface area contributed by atoms with Crippen LogP contribution in [0, 0.1) is 11.3 Å². The second kappa shape index (κ2) is 12.0.